The minimum Gasteiger partial charge on any atom is -0.478 e. The van der Waals surface area contributed by atoms with Gasteiger partial charge in [0.25, 0.3) is 0 Å². The van der Waals surface area contributed by atoms with Gasteiger partial charge >= 0.3 is 5.97 Å². The molecule has 6 nitrogen and oxygen atoms in total. The number of thiol groups is 2. The number of unbranched alkanes of at least 4 members (excludes halogenated alkanes) is 1. The largest absolute Gasteiger partial charge is 0.478 e. The van der Waals surface area contributed by atoms with Crippen LogP contribution >= 0.6 is 25.3 Å². The summed E-state index contributed by atoms with van der Waals surface area (Å²) in [5.74, 6) is -0.849. The molecule has 0 radical (unpaired) electrons. The standard InChI is InChI=1S/C15H26N2O4S2/c1-11(10-14(19)20)15(21)17-8-7-16-13(18)5-3-2-4-12(23)6-9-22/h10,12,22-23H,2-9H2,1H3,(H,16,18)(H,17,21)(H,19,20)/b11-10+. The minimum absolute atomic E-state index is 0.0537. The lowest BCUT2D eigenvalue weighted by Crippen LogP contribution is -2.35. The first-order valence-electron chi connectivity index (χ1n) is 7.61. The van der Waals surface area contributed by atoms with Crippen LogP contribution in [-0.4, -0.2) is 47.0 Å². The lowest BCUT2D eigenvalue weighted by molar-refractivity contribution is -0.131. The first kappa shape index (κ1) is 21.9. The van der Waals surface area contributed by atoms with Gasteiger partial charge in [-0.2, -0.15) is 25.3 Å². The minimum atomic E-state index is -1.16. The summed E-state index contributed by atoms with van der Waals surface area (Å²) in [4.78, 5) is 33.5. The van der Waals surface area contributed by atoms with E-state index >= 15 is 0 Å². The van der Waals surface area contributed by atoms with Gasteiger partial charge < -0.3 is 15.7 Å². The van der Waals surface area contributed by atoms with Gasteiger partial charge in [-0.15, -0.1) is 0 Å². The summed E-state index contributed by atoms with van der Waals surface area (Å²) >= 11 is 8.58. The molecule has 0 aliphatic heterocycles. The van der Waals surface area contributed by atoms with E-state index in [9.17, 15) is 14.4 Å². The molecule has 0 aromatic heterocycles. The number of carbonyl (C=O) groups is 3. The van der Waals surface area contributed by atoms with Crippen molar-refractivity contribution in [2.45, 2.75) is 44.3 Å². The molecule has 0 heterocycles. The van der Waals surface area contributed by atoms with E-state index in [2.05, 4.69) is 35.9 Å². The predicted octanol–water partition coefficient (Wildman–Crippen LogP) is 1.43. The number of hydrogen-bond acceptors (Lipinski definition) is 5. The molecule has 3 N–H and O–H groups in total. The second-order valence-corrected chi connectivity index (χ2v) is 6.36. The van der Waals surface area contributed by atoms with Crippen molar-refractivity contribution < 1.29 is 19.5 Å². The Morgan fingerprint density at radius 3 is 2.39 bits per heavy atom. The molecule has 0 aliphatic rings. The maximum absolute atomic E-state index is 11.6. The Morgan fingerprint density at radius 1 is 1.13 bits per heavy atom. The van der Waals surface area contributed by atoms with Crippen LogP contribution in [-0.2, 0) is 14.4 Å². The van der Waals surface area contributed by atoms with Gasteiger partial charge in [0.05, 0.1) is 0 Å². The Bertz CT molecular complexity index is 428. The molecule has 0 spiro atoms. The summed E-state index contributed by atoms with van der Waals surface area (Å²) in [5.41, 5.74) is 0.117. The van der Waals surface area contributed by atoms with Crippen LogP contribution in [0.15, 0.2) is 11.6 Å². The average Bonchev–Trinajstić information content (AvgIpc) is 2.47. The maximum atomic E-state index is 11.6. The molecule has 0 aromatic rings. The van der Waals surface area contributed by atoms with Crippen LogP contribution in [0.3, 0.4) is 0 Å². The van der Waals surface area contributed by atoms with Crippen LogP contribution in [0, 0.1) is 0 Å². The molecular formula is C15H26N2O4S2. The average molecular weight is 363 g/mol. The highest BCUT2D eigenvalue weighted by Gasteiger charge is 2.06. The van der Waals surface area contributed by atoms with Crippen LogP contribution in [0.1, 0.15) is 39.0 Å². The molecule has 132 valence electrons. The zero-order valence-corrected chi connectivity index (χ0v) is 15.2. The lowest BCUT2D eigenvalue weighted by atomic mass is 10.1. The van der Waals surface area contributed by atoms with Crippen molar-refractivity contribution in [3.63, 3.8) is 0 Å². The van der Waals surface area contributed by atoms with Crippen molar-refractivity contribution in [2.24, 2.45) is 0 Å². The van der Waals surface area contributed by atoms with E-state index in [1.54, 1.807) is 0 Å². The SMILES string of the molecule is C/C(=C\C(=O)O)C(=O)NCCNC(=O)CCCCC(S)CCS. The van der Waals surface area contributed by atoms with Crippen molar-refractivity contribution in [2.75, 3.05) is 18.8 Å². The molecule has 0 aliphatic carbocycles. The smallest absolute Gasteiger partial charge is 0.328 e. The topological polar surface area (TPSA) is 95.5 Å². The van der Waals surface area contributed by atoms with E-state index < -0.39 is 11.9 Å². The van der Waals surface area contributed by atoms with E-state index in [4.69, 9.17) is 5.11 Å². The number of carbonyl (C=O) groups excluding carboxylic acids is 2. The Kier molecular flexibility index (Phi) is 12.6. The highest BCUT2D eigenvalue weighted by molar-refractivity contribution is 7.81. The first-order chi connectivity index (χ1) is 10.9. The lowest BCUT2D eigenvalue weighted by Gasteiger charge is -2.09. The Hall–Kier alpha value is -1.15. The third-order valence-electron chi connectivity index (χ3n) is 3.08. The van der Waals surface area contributed by atoms with Crippen molar-refractivity contribution >= 4 is 43.0 Å². The van der Waals surface area contributed by atoms with Gasteiger partial charge in [-0.1, -0.05) is 6.42 Å². The molecular weight excluding hydrogens is 336 g/mol. The summed E-state index contributed by atoms with van der Waals surface area (Å²) in [6, 6.07) is 0. The molecule has 8 heteroatoms. The fourth-order valence-electron chi connectivity index (χ4n) is 1.82. The van der Waals surface area contributed by atoms with Crippen LogP contribution < -0.4 is 10.6 Å². The Labute approximate surface area is 148 Å². The molecule has 1 atom stereocenters. The quantitative estimate of drug-likeness (QED) is 0.206. The van der Waals surface area contributed by atoms with Crippen molar-refractivity contribution in [3.8, 4) is 0 Å². The highest BCUT2D eigenvalue weighted by Crippen LogP contribution is 2.12. The Morgan fingerprint density at radius 2 is 1.78 bits per heavy atom. The van der Waals surface area contributed by atoms with Gasteiger partial charge in [0.15, 0.2) is 0 Å². The zero-order chi connectivity index (χ0) is 17.7. The summed E-state index contributed by atoms with van der Waals surface area (Å²) in [7, 11) is 0. The molecule has 2 amide bonds. The first-order valence-corrected chi connectivity index (χ1v) is 8.76. The fraction of sp³-hybridized carbons (Fsp3) is 0.667. The maximum Gasteiger partial charge on any atom is 0.328 e. The Balaban J connectivity index is 3.68. The molecule has 1 unspecified atom stereocenters. The third-order valence-corrected chi connectivity index (χ3v) is 3.86. The normalized spacial score (nSPS) is 12.6. The number of hydrogen-bond donors (Lipinski definition) is 5. The van der Waals surface area contributed by atoms with E-state index in [0.717, 1.165) is 37.5 Å². The third kappa shape index (κ3) is 13.0. The molecule has 0 aromatic carbocycles. The van der Waals surface area contributed by atoms with Crippen LogP contribution in [0.2, 0.25) is 0 Å². The number of carboxylic acid groups (broad SMARTS) is 1. The molecule has 0 saturated heterocycles. The molecule has 0 bridgehead atoms. The number of nitrogens with one attached hydrogen (secondary N) is 2. The van der Waals surface area contributed by atoms with Crippen LogP contribution in [0.25, 0.3) is 0 Å². The molecule has 0 saturated carbocycles. The summed E-state index contributed by atoms with van der Waals surface area (Å²) < 4.78 is 0. The summed E-state index contributed by atoms with van der Waals surface area (Å²) in [6.07, 6.45) is 4.99. The van der Waals surface area contributed by atoms with E-state index in [-0.39, 0.29) is 18.0 Å². The molecule has 0 fully saturated rings. The number of aliphatic carboxylic acids is 1. The number of carboxylic acids is 1. The van der Waals surface area contributed by atoms with Gasteiger partial charge in [0.2, 0.25) is 11.8 Å². The molecule has 23 heavy (non-hydrogen) atoms. The number of amides is 2. The van der Waals surface area contributed by atoms with Gasteiger partial charge in [-0.05, 0) is 31.9 Å². The van der Waals surface area contributed by atoms with E-state index in [1.165, 1.54) is 6.92 Å². The van der Waals surface area contributed by atoms with Gasteiger partial charge in [-0.25, -0.2) is 4.79 Å². The van der Waals surface area contributed by atoms with Gasteiger partial charge in [0, 0.05) is 36.4 Å². The summed E-state index contributed by atoms with van der Waals surface area (Å²) in [6.45, 7) is 2.00. The second-order valence-electron chi connectivity index (χ2n) is 5.18. The van der Waals surface area contributed by atoms with Crippen molar-refractivity contribution in [3.05, 3.63) is 11.6 Å². The predicted molar refractivity (Wildman–Crippen MR) is 97.1 cm³/mol. The highest BCUT2D eigenvalue weighted by atomic mass is 32.1. The van der Waals surface area contributed by atoms with Gasteiger partial charge in [-0.3, -0.25) is 9.59 Å². The second kappa shape index (κ2) is 13.3. The monoisotopic (exact) mass is 362 g/mol. The van der Waals surface area contributed by atoms with E-state index in [0.29, 0.717) is 18.2 Å². The van der Waals surface area contributed by atoms with Crippen LogP contribution in [0.5, 0.6) is 0 Å². The summed E-state index contributed by atoms with van der Waals surface area (Å²) in [5, 5.41) is 14.1. The van der Waals surface area contributed by atoms with E-state index in [1.807, 2.05) is 0 Å². The number of rotatable bonds is 12. The molecule has 0 rings (SSSR count). The van der Waals surface area contributed by atoms with Crippen LogP contribution in [0.4, 0.5) is 0 Å². The van der Waals surface area contributed by atoms with Gasteiger partial charge in [0.1, 0.15) is 0 Å². The fourth-order valence-corrected chi connectivity index (χ4v) is 2.64. The van der Waals surface area contributed by atoms with Crippen molar-refractivity contribution in [1.29, 1.82) is 0 Å². The zero-order valence-electron chi connectivity index (χ0n) is 13.4. The van der Waals surface area contributed by atoms with Crippen molar-refractivity contribution in [1.82, 2.24) is 10.6 Å².